The first kappa shape index (κ1) is 17.0. The van der Waals surface area contributed by atoms with Gasteiger partial charge in [0.25, 0.3) is 5.91 Å². The average Bonchev–Trinajstić information content (AvgIpc) is 3.08. The van der Waals surface area contributed by atoms with E-state index in [-0.39, 0.29) is 5.91 Å². The van der Waals surface area contributed by atoms with Crippen LogP contribution in [0.5, 0.6) is 0 Å². The smallest absolute Gasteiger partial charge is 0.256 e. The van der Waals surface area contributed by atoms with Crippen LogP contribution in [0.1, 0.15) is 23.0 Å². The van der Waals surface area contributed by atoms with E-state index in [0.717, 1.165) is 40.1 Å². The molecule has 0 bridgehead atoms. The summed E-state index contributed by atoms with van der Waals surface area (Å²) in [5.74, 6) is -0.151. The van der Waals surface area contributed by atoms with Crippen molar-refractivity contribution in [1.29, 1.82) is 0 Å². The minimum Gasteiger partial charge on any atom is -0.322 e. The van der Waals surface area contributed by atoms with Gasteiger partial charge in [-0.2, -0.15) is 5.10 Å². The number of benzene rings is 2. The Hall–Kier alpha value is -3.47. The van der Waals surface area contributed by atoms with Crippen LogP contribution in [0.4, 0.5) is 5.69 Å². The Morgan fingerprint density at radius 1 is 1.07 bits per heavy atom. The van der Waals surface area contributed by atoms with Gasteiger partial charge in [0.15, 0.2) is 0 Å². The Morgan fingerprint density at radius 2 is 1.81 bits per heavy atom. The first-order valence-electron chi connectivity index (χ1n) is 8.96. The number of pyridine rings is 1. The summed E-state index contributed by atoms with van der Waals surface area (Å²) in [5.41, 5.74) is 4.74. The van der Waals surface area contributed by atoms with E-state index in [1.165, 1.54) is 0 Å². The lowest BCUT2D eigenvalue weighted by molar-refractivity contribution is 0.102. The molecule has 0 saturated heterocycles. The molecule has 0 fully saturated rings. The number of hydrogen-bond donors (Lipinski definition) is 1. The maximum atomic E-state index is 13.0. The maximum Gasteiger partial charge on any atom is 0.256 e. The van der Waals surface area contributed by atoms with Crippen LogP contribution in [-0.2, 0) is 6.54 Å². The second kappa shape index (κ2) is 7.03. The Bertz CT molecular complexity index is 1120. The van der Waals surface area contributed by atoms with Crippen molar-refractivity contribution in [2.24, 2.45) is 0 Å². The molecular weight excluding hydrogens is 336 g/mol. The van der Waals surface area contributed by atoms with Crippen molar-refractivity contribution in [1.82, 2.24) is 14.8 Å². The van der Waals surface area contributed by atoms with E-state index in [1.54, 1.807) is 0 Å². The molecule has 0 radical (unpaired) electrons. The third-order valence-electron chi connectivity index (χ3n) is 4.54. The van der Waals surface area contributed by atoms with Gasteiger partial charge in [0, 0.05) is 29.4 Å². The number of aromatic nitrogens is 3. The van der Waals surface area contributed by atoms with Crippen LogP contribution in [-0.4, -0.2) is 20.7 Å². The number of anilines is 1. The van der Waals surface area contributed by atoms with Crippen molar-refractivity contribution in [2.75, 3.05) is 5.32 Å². The van der Waals surface area contributed by atoms with Crippen LogP contribution in [0.3, 0.4) is 0 Å². The Morgan fingerprint density at radius 3 is 2.56 bits per heavy atom. The molecule has 1 N–H and O–H groups in total. The molecule has 2 heterocycles. The highest BCUT2D eigenvalue weighted by atomic mass is 16.1. The Kier molecular flexibility index (Phi) is 4.42. The van der Waals surface area contributed by atoms with Gasteiger partial charge in [0.05, 0.1) is 22.5 Å². The van der Waals surface area contributed by atoms with Crippen molar-refractivity contribution < 1.29 is 4.79 Å². The zero-order valence-electron chi connectivity index (χ0n) is 15.3. The number of carbonyl (C=O) groups is 1. The van der Waals surface area contributed by atoms with Crippen molar-refractivity contribution in [3.8, 4) is 11.3 Å². The minimum atomic E-state index is -0.151. The normalized spacial score (nSPS) is 10.9. The fourth-order valence-corrected chi connectivity index (χ4v) is 3.15. The molecule has 0 atom stereocenters. The summed E-state index contributed by atoms with van der Waals surface area (Å²) >= 11 is 0. The summed E-state index contributed by atoms with van der Waals surface area (Å²) in [4.78, 5) is 17.8. The zero-order valence-corrected chi connectivity index (χ0v) is 15.3. The van der Waals surface area contributed by atoms with E-state index in [0.29, 0.717) is 5.56 Å². The number of aryl methyl sites for hydroxylation is 2. The molecule has 0 aliphatic heterocycles. The van der Waals surface area contributed by atoms with Gasteiger partial charge in [-0.25, -0.2) is 4.98 Å². The summed E-state index contributed by atoms with van der Waals surface area (Å²) in [5, 5.41) is 8.31. The van der Waals surface area contributed by atoms with Crippen molar-refractivity contribution in [2.45, 2.75) is 20.4 Å². The molecule has 0 aliphatic carbocycles. The summed E-state index contributed by atoms with van der Waals surface area (Å²) in [6.45, 7) is 4.79. The molecule has 2 aromatic heterocycles. The van der Waals surface area contributed by atoms with Crippen LogP contribution in [0.25, 0.3) is 22.2 Å². The molecule has 0 aliphatic rings. The molecule has 4 rings (SSSR count). The number of para-hydroxylation sites is 2. The molecule has 0 spiro atoms. The van der Waals surface area contributed by atoms with E-state index in [2.05, 4.69) is 10.4 Å². The van der Waals surface area contributed by atoms with Crippen molar-refractivity contribution in [3.63, 3.8) is 0 Å². The first-order valence-corrected chi connectivity index (χ1v) is 8.96. The van der Waals surface area contributed by atoms with Crippen LogP contribution in [0.2, 0.25) is 0 Å². The standard InChI is InChI=1S/C22H20N4O/c1-3-26-14-19(15(2)25-26)21-13-18(17-11-7-8-12-20(17)24-21)22(27)23-16-9-5-4-6-10-16/h4-14H,3H2,1-2H3,(H,23,27). The van der Waals surface area contributed by atoms with Gasteiger partial charge in [0.1, 0.15) is 0 Å². The molecule has 0 saturated carbocycles. The highest BCUT2D eigenvalue weighted by Gasteiger charge is 2.16. The molecule has 0 unspecified atom stereocenters. The molecule has 4 aromatic rings. The predicted octanol–water partition coefficient (Wildman–Crippen LogP) is 4.68. The fourth-order valence-electron chi connectivity index (χ4n) is 3.15. The van der Waals surface area contributed by atoms with E-state index in [1.807, 2.05) is 85.4 Å². The highest BCUT2D eigenvalue weighted by molar-refractivity contribution is 6.13. The summed E-state index contributed by atoms with van der Waals surface area (Å²) in [6, 6.07) is 19.0. The topological polar surface area (TPSA) is 59.8 Å². The number of rotatable bonds is 4. The van der Waals surface area contributed by atoms with E-state index < -0.39 is 0 Å². The molecule has 5 nitrogen and oxygen atoms in total. The Labute approximate surface area is 157 Å². The zero-order chi connectivity index (χ0) is 18.8. The summed E-state index contributed by atoms with van der Waals surface area (Å²) in [7, 11) is 0. The lowest BCUT2D eigenvalue weighted by atomic mass is 10.0. The number of nitrogens with zero attached hydrogens (tertiary/aromatic N) is 3. The minimum absolute atomic E-state index is 0.151. The van der Waals surface area contributed by atoms with Gasteiger partial charge in [-0.05, 0) is 38.1 Å². The maximum absolute atomic E-state index is 13.0. The number of amides is 1. The molecule has 134 valence electrons. The number of nitrogens with one attached hydrogen (secondary N) is 1. The van der Waals surface area contributed by atoms with E-state index in [4.69, 9.17) is 4.98 Å². The lowest BCUT2D eigenvalue weighted by Crippen LogP contribution is -2.13. The number of hydrogen-bond acceptors (Lipinski definition) is 3. The predicted molar refractivity (Wildman–Crippen MR) is 108 cm³/mol. The molecule has 2 aromatic carbocycles. The Balaban J connectivity index is 1.83. The van der Waals surface area contributed by atoms with E-state index >= 15 is 0 Å². The van der Waals surface area contributed by atoms with Crippen LogP contribution in [0.15, 0.2) is 66.9 Å². The van der Waals surface area contributed by atoms with Gasteiger partial charge < -0.3 is 5.32 Å². The second-order valence-electron chi connectivity index (χ2n) is 6.38. The third-order valence-corrected chi connectivity index (χ3v) is 4.54. The quantitative estimate of drug-likeness (QED) is 0.577. The molecular formula is C22H20N4O. The van der Waals surface area contributed by atoms with Gasteiger partial charge in [-0.3, -0.25) is 9.48 Å². The van der Waals surface area contributed by atoms with Gasteiger partial charge in [-0.1, -0.05) is 36.4 Å². The summed E-state index contributed by atoms with van der Waals surface area (Å²) < 4.78 is 1.88. The average molecular weight is 356 g/mol. The fraction of sp³-hybridized carbons (Fsp3) is 0.136. The van der Waals surface area contributed by atoms with Crippen LogP contribution in [0, 0.1) is 6.92 Å². The highest BCUT2D eigenvalue weighted by Crippen LogP contribution is 2.27. The van der Waals surface area contributed by atoms with Gasteiger partial charge in [-0.15, -0.1) is 0 Å². The third kappa shape index (κ3) is 3.31. The van der Waals surface area contributed by atoms with Gasteiger partial charge in [0.2, 0.25) is 0 Å². The van der Waals surface area contributed by atoms with Gasteiger partial charge >= 0.3 is 0 Å². The van der Waals surface area contributed by atoms with Crippen molar-refractivity contribution in [3.05, 3.63) is 78.1 Å². The van der Waals surface area contributed by atoms with Crippen molar-refractivity contribution >= 4 is 22.5 Å². The largest absolute Gasteiger partial charge is 0.322 e. The van der Waals surface area contributed by atoms with Crippen LogP contribution >= 0.6 is 0 Å². The summed E-state index contributed by atoms with van der Waals surface area (Å²) in [6.07, 6.45) is 1.98. The van der Waals surface area contributed by atoms with E-state index in [9.17, 15) is 4.79 Å². The second-order valence-corrected chi connectivity index (χ2v) is 6.38. The monoisotopic (exact) mass is 356 g/mol. The molecule has 27 heavy (non-hydrogen) atoms. The SMILES string of the molecule is CCn1cc(-c2cc(C(=O)Nc3ccccc3)c3ccccc3n2)c(C)n1. The lowest BCUT2D eigenvalue weighted by Gasteiger charge is -2.10. The number of fused-ring (bicyclic) bond motifs is 1. The number of carbonyl (C=O) groups excluding carboxylic acids is 1. The van der Waals surface area contributed by atoms with Crippen LogP contribution < -0.4 is 5.32 Å². The first-order chi connectivity index (χ1) is 13.2. The molecule has 1 amide bonds. The molecule has 5 heteroatoms.